The molecule has 0 fully saturated rings. The Morgan fingerprint density at radius 3 is 2.16 bits per heavy atom. The molecule has 25 heavy (non-hydrogen) atoms. The minimum absolute atomic E-state index is 0.282. The largest absolute Gasteiger partial charge is 0.355 e. The summed E-state index contributed by atoms with van der Waals surface area (Å²) in [6.07, 6.45) is 4.43. The molecular weight excluding hydrogens is 323 g/mol. The molecule has 0 aliphatic rings. The third-order valence-electron chi connectivity index (χ3n) is 3.41. The van der Waals surface area contributed by atoms with E-state index in [1.54, 1.807) is 48.6 Å². The summed E-state index contributed by atoms with van der Waals surface area (Å²) in [6, 6.07) is 12.8. The van der Waals surface area contributed by atoms with E-state index in [0.29, 0.717) is 11.1 Å². The summed E-state index contributed by atoms with van der Waals surface area (Å²) in [5, 5.41) is 11.0. The van der Waals surface area contributed by atoms with Crippen LogP contribution in [0, 0.1) is 5.82 Å². The number of carbonyl (C=O) groups is 2. The monoisotopic (exact) mass is 340 g/mol. The lowest BCUT2D eigenvalue weighted by Crippen LogP contribution is -2.19. The van der Waals surface area contributed by atoms with Crippen LogP contribution in [0.5, 0.6) is 0 Å². The van der Waals surface area contributed by atoms with Crippen molar-refractivity contribution in [2.75, 3.05) is 7.05 Å². The van der Waals surface area contributed by atoms with Gasteiger partial charge in [0.2, 0.25) is 0 Å². The van der Waals surface area contributed by atoms with Crippen LogP contribution >= 0.6 is 0 Å². The summed E-state index contributed by atoms with van der Waals surface area (Å²) in [4.78, 5) is 23.1. The zero-order valence-corrected chi connectivity index (χ0v) is 13.5. The molecule has 2 aromatic rings. The number of hydrogen-bond donors (Lipinski definition) is 3. The summed E-state index contributed by atoms with van der Waals surface area (Å²) in [5.41, 5.74) is 4.04. The molecular formula is C19H17FN2O3. The second-order valence-corrected chi connectivity index (χ2v) is 5.12. The Morgan fingerprint density at radius 2 is 1.60 bits per heavy atom. The highest BCUT2D eigenvalue weighted by Crippen LogP contribution is 2.19. The van der Waals surface area contributed by atoms with Crippen LogP contribution in [-0.2, 0) is 9.59 Å². The number of hydroxylamine groups is 1. The normalized spacial score (nSPS) is 11.4. The summed E-state index contributed by atoms with van der Waals surface area (Å²) in [7, 11) is 1.53. The smallest absolute Gasteiger partial charge is 0.267 e. The van der Waals surface area contributed by atoms with E-state index >= 15 is 0 Å². The molecule has 2 amide bonds. The van der Waals surface area contributed by atoms with Crippen molar-refractivity contribution in [3.63, 3.8) is 0 Å². The second kappa shape index (κ2) is 8.56. The molecule has 5 nitrogen and oxygen atoms in total. The Bertz CT molecular complexity index is 810. The minimum atomic E-state index is -0.623. The van der Waals surface area contributed by atoms with Crippen molar-refractivity contribution in [2.24, 2.45) is 0 Å². The predicted octanol–water partition coefficient (Wildman–Crippen LogP) is 2.63. The van der Waals surface area contributed by atoms with E-state index < -0.39 is 5.91 Å². The summed E-state index contributed by atoms with van der Waals surface area (Å²) in [6.45, 7) is 0. The van der Waals surface area contributed by atoms with Gasteiger partial charge in [0, 0.05) is 18.7 Å². The summed E-state index contributed by atoms with van der Waals surface area (Å²) < 4.78 is 13.1. The molecule has 0 unspecified atom stereocenters. The molecule has 0 spiro atoms. The summed E-state index contributed by atoms with van der Waals surface area (Å²) in [5.74, 6) is -1.28. The lowest BCUT2D eigenvalue weighted by atomic mass is 10.0. The molecule has 0 aliphatic carbocycles. The first-order valence-corrected chi connectivity index (χ1v) is 7.45. The average molecular weight is 340 g/mol. The topological polar surface area (TPSA) is 78.4 Å². The van der Waals surface area contributed by atoms with Crippen LogP contribution < -0.4 is 10.8 Å². The highest BCUT2D eigenvalue weighted by Gasteiger charge is 2.10. The number of halogens is 1. The second-order valence-electron chi connectivity index (χ2n) is 5.12. The van der Waals surface area contributed by atoms with Crippen LogP contribution in [-0.4, -0.2) is 24.1 Å². The fourth-order valence-electron chi connectivity index (χ4n) is 2.12. The molecule has 0 saturated heterocycles. The van der Waals surface area contributed by atoms with Gasteiger partial charge in [0.05, 0.1) is 0 Å². The number of nitrogens with one attached hydrogen (secondary N) is 2. The van der Waals surface area contributed by atoms with Crippen molar-refractivity contribution >= 4 is 29.5 Å². The fourth-order valence-corrected chi connectivity index (χ4v) is 2.12. The first-order valence-electron chi connectivity index (χ1n) is 7.45. The van der Waals surface area contributed by atoms with Gasteiger partial charge in [0.25, 0.3) is 11.8 Å². The van der Waals surface area contributed by atoms with E-state index in [1.165, 1.54) is 30.7 Å². The highest BCUT2D eigenvalue weighted by molar-refractivity contribution is 6.24. The Morgan fingerprint density at radius 1 is 1.00 bits per heavy atom. The Hall–Kier alpha value is -3.25. The van der Waals surface area contributed by atoms with E-state index in [4.69, 9.17) is 5.21 Å². The molecule has 3 N–H and O–H groups in total. The molecule has 0 atom stereocenters. The molecule has 2 aromatic carbocycles. The number of rotatable bonds is 5. The quantitative estimate of drug-likeness (QED) is 0.339. The molecule has 0 heterocycles. The van der Waals surface area contributed by atoms with Crippen molar-refractivity contribution in [1.82, 2.24) is 10.8 Å². The van der Waals surface area contributed by atoms with E-state index in [1.807, 2.05) is 0 Å². The van der Waals surface area contributed by atoms with Crippen molar-refractivity contribution in [2.45, 2.75) is 0 Å². The van der Waals surface area contributed by atoms with E-state index in [0.717, 1.165) is 11.1 Å². The fraction of sp³-hybridized carbons (Fsp3) is 0.0526. The van der Waals surface area contributed by atoms with Crippen molar-refractivity contribution < 1.29 is 19.2 Å². The lowest BCUT2D eigenvalue weighted by molar-refractivity contribution is -0.124. The van der Waals surface area contributed by atoms with E-state index in [9.17, 15) is 14.0 Å². The third-order valence-corrected chi connectivity index (χ3v) is 3.41. The van der Waals surface area contributed by atoms with Crippen LogP contribution in [0.2, 0.25) is 0 Å². The van der Waals surface area contributed by atoms with Gasteiger partial charge >= 0.3 is 0 Å². The van der Waals surface area contributed by atoms with Crippen LogP contribution in [0.4, 0.5) is 4.39 Å². The molecule has 6 heteroatoms. The van der Waals surface area contributed by atoms with Gasteiger partial charge < -0.3 is 5.32 Å². The van der Waals surface area contributed by atoms with Gasteiger partial charge in [-0.2, -0.15) is 0 Å². The number of amides is 2. The van der Waals surface area contributed by atoms with Gasteiger partial charge in [-0.1, -0.05) is 36.4 Å². The molecule has 128 valence electrons. The zero-order valence-electron chi connectivity index (χ0n) is 13.5. The van der Waals surface area contributed by atoms with Gasteiger partial charge in [0.15, 0.2) is 0 Å². The van der Waals surface area contributed by atoms with Crippen LogP contribution in [0.3, 0.4) is 0 Å². The van der Waals surface area contributed by atoms with E-state index in [2.05, 4.69) is 5.32 Å². The third kappa shape index (κ3) is 5.12. The minimum Gasteiger partial charge on any atom is -0.355 e. The van der Waals surface area contributed by atoms with Crippen LogP contribution in [0.1, 0.15) is 16.7 Å². The molecule has 0 saturated carbocycles. The SMILES string of the molecule is CNC(=O)/C(=C\c1ccc(/C=C/C(=O)NO)cc1)c1ccc(F)cc1. The molecule has 0 aromatic heterocycles. The maximum Gasteiger partial charge on any atom is 0.267 e. The summed E-state index contributed by atoms with van der Waals surface area (Å²) >= 11 is 0. The maximum atomic E-state index is 13.1. The zero-order chi connectivity index (χ0) is 18.2. The Kier molecular flexibility index (Phi) is 6.20. The van der Waals surface area contributed by atoms with Crippen molar-refractivity contribution in [1.29, 1.82) is 0 Å². The van der Waals surface area contributed by atoms with Gasteiger partial charge in [-0.25, -0.2) is 9.87 Å². The van der Waals surface area contributed by atoms with Crippen LogP contribution in [0.15, 0.2) is 54.6 Å². The molecule has 2 rings (SSSR count). The van der Waals surface area contributed by atoms with Crippen molar-refractivity contribution in [3.8, 4) is 0 Å². The van der Waals surface area contributed by atoms with Gasteiger partial charge in [-0.3, -0.25) is 14.8 Å². The average Bonchev–Trinajstić information content (AvgIpc) is 2.65. The number of carbonyl (C=O) groups excluding carboxylic acids is 2. The standard InChI is InChI=1S/C19H17FN2O3/c1-21-19(24)17(15-7-9-16(20)10-8-15)12-14-4-2-13(3-5-14)6-11-18(23)22-25/h2-12,25H,1H3,(H,21,24)(H,22,23)/b11-6+,17-12-. The Balaban J connectivity index is 2.30. The number of benzene rings is 2. The number of likely N-dealkylation sites (N-methyl/N-ethyl adjacent to an activating group) is 1. The van der Waals surface area contributed by atoms with Gasteiger partial charge in [-0.15, -0.1) is 0 Å². The predicted molar refractivity (Wildman–Crippen MR) is 93.7 cm³/mol. The van der Waals surface area contributed by atoms with Gasteiger partial charge in [0.1, 0.15) is 5.82 Å². The first kappa shape index (κ1) is 18.1. The van der Waals surface area contributed by atoms with Crippen molar-refractivity contribution in [3.05, 3.63) is 77.1 Å². The maximum absolute atomic E-state index is 13.1. The first-order chi connectivity index (χ1) is 12.0. The molecule has 0 radical (unpaired) electrons. The Labute approximate surface area is 144 Å². The molecule has 0 bridgehead atoms. The van der Waals surface area contributed by atoms with E-state index in [-0.39, 0.29) is 11.7 Å². The van der Waals surface area contributed by atoms with Gasteiger partial charge in [-0.05, 0) is 41.0 Å². The lowest BCUT2D eigenvalue weighted by Gasteiger charge is -2.07. The number of hydrogen-bond acceptors (Lipinski definition) is 3. The highest BCUT2D eigenvalue weighted by atomic mass is 19.1. The molecule has 0 aliphatic heterocycles. The van der Waals surface area contributed by atoms with Crippen LogP contribution in [0.25, 0.3) is 17.7 Å².